The highest BCUT2D eigenvalue weighted by molar-refractivity contribution is 7.90. The van der Waals surface area contributed by atoms with Gasteiger partial charge in [-0.15, -0.1) is 0 Å². The van der Waals surface area contributed by atoms with Crippen molar-refractivity contribution in [3.8, 4) is 5.75 Å². The average Bonchev–Trinajstić information content (AvgIpc) is 2.52. The minimum Gasteiger partial charge on any atom is -0.496 e. The summed E-state index contributed by atoms with van der Waals surface area (Å²) in [6, 6.07) is 13.3. The van der Waals surface area contributed by atoms with Gasteiger partial charge in [-0.1, -0.05) is 24.3 Å². The van der Waals surface area contributed by atoms with E-state index in [1.807, 2.05) is 24.3 Å². The number of hydrogen-bond acceptors (Lipinski definition) is 4. The van der Waals surface area contributed by atoms with E-state index in [1.54, 1.807) is 19.2 Å². The van der Waals surface area contributed by atoms with E-state index in [-0.39, 0.29) is 10.8 Å². The van der Waals surface area contributed by atoms with Crippen LogP contribution in [-0.2, 0) is 16.4 Å². The number of para-hydroxylation sites is 1. The van der Waals surface area contributed by atoms with Gasteiger partial charge in [-0.05, 0) is 24.3 Å². The number of benzene rings is 2. The summed E-state index contributed by atoms with van der Waals surface area (Å²) in [5, 5.41) is 2.75. The maximum absolute atomic E-state index is 12.2. The number of rotatable bonds is 5. The van der Waals surface area contributed by atoms with E-state index in [9.17, 15) is 13.2 Å². The molecule has 0 fully saturated rings. The number of carbonyl (C=O) groups is 1. The van der Waals surface area contributed by atoms with Crippen LogP contribution in [0.4, 0.5) is 0 Å². The highest BCUT2D eigenvalue weighted by atomic mass is 32.2. The van der Waals surface area contributed by atoms with Crippen molar-refractivity contribution in [2.45, 2.75) is 11.4 Å². The fourth-order valence-corrected chi connectivity index (χ4v) is 2.66. The average molecular weight is 319 g/mol. The Hall–Kier alpha value is -2.34. The van der Waals surface area contributed by atoms with Gasteiger partial charge in [0.05, 0.1) is 12.0 Å². The number of methoxy groups -OCH3 is 1. The van der Waals surface area contributed by atoms with E-state index >= 15 is 0 Å². The zero-order chi connectivity index (χ0) is 16.2. The molecule has 0 saturated heterocycles. The summed E-state index contributed by atoms with van der Waals surface area (Å²) in [5.74, 6) is 0.351. The second-order valence-corrected chi connectivity index (χ2v) is 6.81. The first-order valence-electron chi connectivity index (χ1n) is 6.62. The van der Waals surface area contributed by atoms with E-state index in [4.69, 9.17) is 4.74 Å². The van der Waals surface area contributed by atoms with Gasteiger partial charge < -0.3 is 10.1 Å². The Balaban J connectivity index is 2.13. The van der Waals surface area contributed by atoms with Crippen molar-refractivity contribution in [3.05, 3.63) is 59.7 Å². The fourth-order valence-electron chi connectivity index (χ4n) is 1.99. The molecule has 0 bridgehead atoms. The standard InChI is InChI=1S/C16H17NO4S/c1-21-15-9-4-3-6-13(15)11-17-16(18)12-7-5-8-14(10-12)22(2,19)20/h3-10H,11H2,1-2H3,(H,17,18). The van der Waals surface area contributed by atoms with Crippen molar-refractivity contribution in [1.29, 1.82) is 0 Å². The largest absolute Gasteiger partial charge is 0.496 e. The van der Waals surface area contributed by atoms with Crippen LogP contribution in [-0.4, -0.2) is 27.7 Å². The summed E-state index contributed by atoms with van der Waals surface area (Å²) >= 11 is 0. The van der Waals surface area contributed by atoms with Gasteiger partial charge in [0.1, 0.15) is 5.75 Å². The lowest BCUT2D eigenvalue weighted by molar-refractivity contribution is 0.0950. The third-order valence-electron chi connectivity index (χ3n) is 3.16. The van der Waals surface area contributed by atoms with E-state index in [2.05, 4.69) is 5.32 Å². The van der Waals surface area contributed by atoms with Gasteiger partial charge in [-0.2, -0.15) is 0 Å². The highest BCUT2D eigenvalue weighted by Gasteiger charge is 2.12. The maximum Gasteiger partial charge on any atom is 0.251 e. The topological polar surface area (TPSA) is 72.5 Å². The van der Waals surface area contributed by atoms with Crippen molar-refractivity contribution in [2.75, 3.05) is 13.4 Å². The molecule has 2 aromatic carbocycles. The number of hydrogen-bond donors (Lipinski definition) is 1. The van der Waals surface area contributed by atoms with Crippen LogP contribution in [0.15, 0.2) is 53.4 Å². The lowest BCUT2D eigenvalue weighted by Gasteiger charge is -2.10. The first-order chi connectivity index (χ1) is 10.4. The van der Waals surface area contributed by atoms with Crippen LogP contribution < -0.4 is 10.1 Å². The van der Waals surface area contributed by atoms with Crippen molar-refractivity contribution in [2.24, 2.45) is 0 Å². The molecular formula is C16H17NO4S. The molecule has 0 aromatic heterocycles. The molecule has 0 aliphatic heterocycles. The first-order valence-corrected chi connectivity index (χ1v) is 8.51. The predicted octanol–water partition coefficient (Wildman–Crippen LogP) is 2.03. The zero-order valence-electron chi connectivity index (χ0n) is 12.4. The minimum absolute atomic E-state index is 0.123. The molecule has 5 nitrogen and oxygen atoms in total. The van der Waals surface area contributed by atoms with E-state index < -0.39 is 9.84 Å². The molecule has 116 valence electrons. The molecule has 0 atom stereocenters. The molecule has 0 aliphatic rings. The first kappa shape index (κ1) is 16.0. The van der Waals surface area contributed by atoms with Crippen molar-refractivity contribution in [3.63, 3.8) is 0 Å². The Morgan fingerprint density at radius 2 is 1.86 bits per heavy atom. The van der Waals surface area contributed by atoms with Crippen LogP contribution in [0.25, 0.3) is 0 Å². The van der Waals surface area contributed by atoms with Crippen LogP contribution in [0, 0.1) is 0 Å². The summed E-state index contributed by atoms with van der Waals surface area (Å²) < 4.78 is 28.3. The summed E-state index contributed by atoms with van der Waals surface area (Å²) in [4.78, 5) is 12.3. The quantitative estimate of drug-likeness (QED) is 0.915. The molecule has 0 saturated carbocycles. The van der Waals surface area contributed by atoms with Crippen LogP contribution in [0.2, 0.25) is 0 Å². The smallest absolute Gasteiger partial charge is 0.251 e. The molecular weight excluding hydrogens is 302 g/mol. The number of nitrogens with one attached hydrogen (secondary N) is 1. The van der Waals surface area contributed by atoms with Gasteiger partial charge in [0, 0.05) is 23.9 Å². The molecule has 1 N–H and O–H groups in total. The number of carbonyl (C=O) groups excluding carboxylic acids is 1. The second-order valence-electron chi connectivity index (χ2n) is 4.79. The van der Waals surface area contributed by atoms with Gasteiger partial charge in [0.2, 0.25) is 0 Å². The molecule has 1 amide bonds. The van der Waals surface area contributed by atoms with Crippen LogP contribution in [0.5, 0.6) is 5.75 Å². The number of ether oxygens (including phenoxy) is 1. The minimum atomic E-state index is -3.34. The number of amides is 1. The number of sulfone groups is 1. The summed E-state index contributed by atoms with van der Waals surface area (Å²) in [6.07, 6.45) is 1.11. The third kappa shape index (κ3) is 3.85. The van der Waals surface area contributed by atoms with E-state index in [0.29, 0.717) is 17.9 Å². The molecule has 0 heterocycles. The molecule has 0 radical (unpaired) electrons. The highest BCUT2D eigenvalue weighted by Crippen LogP contribution is 2.17. The van der Waals surface area contributed by atoms with E-state index in [1.165, 1.54) is 12.1 Å². The van der Waals surface area contributed by atoms with Crippen LogP contribution in [0.1, 0.15) is 15.9 Å². The van der Waals surface area contributed by atoms with Gasteiger partial charge >= 0.3 is 0 Å². The van der Waals surface area contributed by atoms with Gasteiger partial charge in [-0.25, -0.2) is 8.42 Å². The second kappa shape index (κ2) is 6.62. The Morgan fingerprint density at radius 3 is 2.55 bits per heavy atom. The van der Waals surface area contributed by atoms with Gasteiger partial charge in [0.15, 0.2) is 9.84 Å². The Morgan fingerprint density at radius 1 is 1.14 bits per heavy atom. The fraction of sp³-hybridized carbons (Fsp3) is 0.188. The zero-order valence-corrected chi connectivity index (χ0v) is 13.2. The Labute approximate surface area is 129 Å². The normalized spacial score (nSPS) is 11.0. The monoisotopic (exact) mass is 319 g/mol. The third-order valence-corrected chi connectivity index (χ3v) is 4.27. The van der Waals surface area contributed by atoms with E-state index in [0.717, 1.165) is 11.8 Å². The molecule has 0 unspecified atom stereocenters. The molecule has 0 spiro atoms. The Kier molecular flexibility index (Phi) is 4.82. The summed E-state index contributed by atoms with van der Waals surface area (Å²) in [6.45, 7) is 0.298. The maximum atomic E-state index is 12.2. The lowest BCUT2D eigenvalue weighted by atomic mass is 10.2. The van der Waals surface area contributed by atoms with Crippen molar-refractivity contribution in [1.82, 2.24) is 5.32 Å². The summed E-state index contributed by atoms with van der Waals surface area (Å²) in [5.41, 5.74) is 1.15. The Bertz CT molecular complexity index is 784. The van der Waals surface area contributed by atoms with Gasteiger partial charge in [0.25, 0.3) is 5.91 Å². The molecule has 2 rings (SSSR count). The van der Waals surface area contributed by atoms with Gasteiger partial charge in [-0.3, -0.25) is 4.79 Å². The molecule has 2 aromatic rings. The molecule has 6 heteroatoms. The van der Waals surface area contributed by atoms with Crippen molar-refractivity contribution < 1.29 is 17.9 Å². The van der Waals surface area contributed by atoms with Crippen LogP contribution >= 0.6 is 0 Å². The van der Waals surface area contributed by atoms with Crippen LogP contribution in [0.3, 0.4) is 0 Å². The summed E-state index contributed by atoms with van der Waals surface area (Å²) in [7, 11) is -1.77. The SMILES string of the molecule is COc1ccccc1CNC(=O)c1cccc(S(C)(=O)=O)c1. The lowest BCUT2D eigenvalue weighted by Crippen LogP contribution is -2.23. The molecule has 0 aliphatic carbocycles. The predicted molar refractivity (Wildman–Crippen MR) is 83.7 cm³/mol. The van der Waals surface area contributed by atoms with Crippen molar-refractivity contribution >= 4 is 15.7 Å². The molecule has 22 heavy (non-hydrogen) atoms.